The number of anilines is 1. The molecule has 0 radical (unpaired) electrons. The van der Waals surface area contributed by atoms with Crippen LogP contribution in [0.5, 0.6) is 5.75 Å². The van der Waals surface area contributed by atoms with Gasteiger partial charge < -0.3 is 10.4 Å². The van der Waals surface area contributed by atoms with Crippen molar-refractivity contribution in [3.63, 3.8) is 0 Å². The lowest BCUT2D eigenvalue weighted by Gasteiger charge is -2.08. The number of halogens is 2. The molecule has 0 aliphatic heterocycles. The number of phenolic OH excluding ortho intramolecular Hbond substituents is 1. The number of carbonyl (C=O) groups is 1. The van der Waals surface area contributed by atoms with Gasteiger partial charge in [-0.1, -0.05) is 11.6 Å². The Bertz CT molecular complexity index is 647. The van der Waals surface area contributed by atoms with E-state index in [2.05, 4.69) is 10.3 Å². The van der Waals surface area contributed by atoms with Gasteiger partial charge in [0.25, 0.3) is 5.91 Å². The molecule has 1 aromatic heterocycles. The molecule has 0 saturated heterocycles. The molecule has 6 heteroatoms. The van der Waals surface area contributed by atoms with Gasteiger partial charge in [0.2, 0.25) is 0 Å². The predicted molar refractivity (Wildman–Crippen MR) is 82.8 cm³/mol. The lowest BCUT2D eigenvalue weighted by molar-refractivity contribution is 0.102. The summed E-state index contributed by atoms with van der Waals surface area (Å²) < 4.78 is 0.685. The fourth-order valence-electron chi connectivity index (χ4n) is 1.49. The third-order valence-electron chi connectivity index (χ3n) is 2.43. The zero-order valence-corrected chi connectivity index (χ0v) is 12.9. The summed E-state index contributed by atoms with van der Waals surface area (Å²) in [6.07, 6.45) is 1.62. The third kappa shape index (κ3) is 3.36. The van der Waals surface area contributed by atoms with Crippen molar-refractivity contribution < 1.29 is 9.90 Å². The average Bonchev–Trinajstić information content (AvgIpc) is 2.37. The molecule has 0 spiro atoms. The summed E-state index contributed by atoms with van der Waals surface area (Å²) >= 11 is 7.89. The summed E-state index contributed by atoms with van der Waals surface area (Å²) in [4.78, 5) is 16.0. The second-order valence-corrected chi connectivity index (χ2v) is 5.49. The number of nitrogens with one attached hydrogen (secondary N) is 1. The first kappa shape index (κ1) is 14.1. The highest BCUT2D eigenvalue weighted by molar-refractivity contribution is 14.1. The normalized spacial score (nSPS) is 10.3. The van der Waals surface area contributed by atoms with Gasteiger partial charge in [0.15, 0.2) is 5.15 Å². The number of nitrogens with zero attached hydrogens (tertiary/aromatic N) is 1. The van der Waals surface area contributed by atoms with Crippen molar-refractivity contribution in [3.05, 3.63) is 50.3 Å². The van der Waals surface area contributed by atoms with Crippen molar-refractivity contribution in [2.45, 2.75) is 6.92 Å². The number of aromatic nitrogens is 1. The van der Waals surface area contributed by atoms with Gasteiger partial charge in [-0.2, -0.15) is 0 Å². The van der Waals surface area contributed by atoms with Gasteiger partial charge in [0, 0.05) is 11.8 Å². The Hall–Kier alpha value is -1.34. The summed E-state index contributed by atoms with van der Waals surface area (Å²) in [5.41, 5.74) is 1.70. The molecule has 0 aliphatic rings. The molecular formula is C13H10ClIN2O2. The number of hydrogen-bond acceptors (Lipinski definition) is 3. The van der Waals surface area contributed by atoms with E-state index in [4.69, 9.17) is 11.6 Å². The third-order valence-corrected chi connectivity index (χ3v) is 3.65. The minimum absolute atomic E-state index is 0.0710. The highest BCUT2D eigenvalue weighted by Gasteiger charge is 2.11. The maximum atomic E-state index is 12.0. The van der Waals surface area contributed by atoms with Crippen LogP contribution in [-0.4, -0.2) is 16.0 Å². The van der Waals surface area contributed by atoms with E-state index in [1.807, 2.05) is 29.5 Å². The van der Waals surface area contributed by atoms with Gasteiger partial charge in [-0.05, 0) is 59.3 Å². The number of aromatic hydroxyl groups is 1. The minimum Gasteiger partial charge on any atom is -0.507 e. The molecule has 1 heterocycles. The summed E-state index contributed by atoms with van der Waals surface area (Å²) in [5.74, 6) is -0.275. The van der Waals surface area contributed by atoms with Crippen LogP contribution in [0.3, 0.4) is 0 Å². The largest absolute Gasteiger partial charge is 0.507 e. The number of phenols is 1. The van der Waals surface area contributed by atoms with E-state index in [9.17, 15) is 9.90 Å². The first-order valence-electron chi connectivity index (χ1n) is 5.39. The average molecular weight is 389 g/mol. The predicted octanol–water partition coefficient (Wildman–Crippen LogP) is 3.61. The van der Waals surface area contributed by atoms with Crippen molar-refractivity contribution in [2.75, 3.05) is 5.32 Å². The zero-order chi connectivity index (χ0) is 14.0. The first-order chi connectivity index (χ1) is 8.97. The van der Waals surface area contributed by atoms with Gasteiger partial charge in [-0.15, -0.1) is 0 Å². The molecule has 2 N–H and O–H groups in total. The summed E-state index contributed by atoms with van der Waals surface area (Å²) in [7, 11) is 0. The SMILES string of the molecule is Cc1cnc(Cl)c(NC(=O)c2ccc(I)c(O)c2)c1. The van der Waals surface area contributed by atoms with Crippen LogP contribution in [0.15, 0.2) is 30.5 Å². The molecule has 1 aromatic carbocycles. The van der Waals surface area contributed by atoms with Gasteiger partial charge in [-0.25, -0.2) is 4.98 Å². The van der Waals surface area contributed by atoms with Crippen LogP contribution < -0.4 is 5.32 Å². The molecule has 4 nitrogen and oxygen atoms in total. The van der Waals surface area contributed by atoms with Gasteiger partial charge in [-0.3, -0.25) is 4.79 Å². The lowest BCUT2D eigenvalue weighted by Crippen LogP contribution is -2.12. The molecule has 2 aromatic rings. The van der Waals surface area contributed by atoms with E-state index in [1.54, 1.807) is 24.4 Å². The second kappa shape index (κ2) is 5.75. The molecule has 98 valence electrons. The molecule has 1 amide bonds. The molecule has 0 fully saturated rings. The molecule has 2 rings (SSSR count). The standard InChI is InChI=1S/C13H10ClIN2O2/c1-7-4-10(12(14)16-6-7)17-13(19)8-2-3-9(15)11(18)5-8/h2-6,18H,1H3,(H,17,19). The maximum Gasteiger partial charge on any atom is 0.255 e. The molecule has 19 heavy (non-hydrogen) atoms. The van der Waals surface area contributed by atoms with Crippen molar-refractivity contribution >= 4 is 45.8 Å². The fourth-order valence-corrected chi connectivity index (χ4v) is 1.97. The quantitative estimate of drug-likeness (QED) is 0.610. The van der Waals surface area contributed by atoms with Crippen molar-refractivity contribution in [3.8, 4) is 5.75 Å². The van der Waals surface area contributed by atoms with Crippen LogP contribution in [0.1, 0.15) is 15.9 Å². The van der Waals surface area contributed by atoms with Crippen LogP contribution >= 0.6 is 34.2 Å². The topological polar surface area (TPSA) is 62.2 Å². The van der Waals surface area contributed by atoms with E-state index >= 15 is 0 Å². The molecule has 0 unspecified atom stereocenters. The number of rotatable bonds is 2. The number of aryl methyl sites for hydroxylation is 1. The molecule has 0 aliphatic carbocycles. The van der Waals surface area contributed by atoms with Gasteiger partial charge in [0.1, 0.15) is 5.75 Å². The van der Waals surface area contributed by atoms with Crippen LogP contribution in [0, 0.1) is 10.5 Å². The highest BCUT2D eigenvalue weighted by atomic mass is 127. The number of hydrogen-bond donors (Lipinski definition) is 2. The van der Waals surface area contributed by atoms with E-state index in [1.165, 1.54) is 6.07 Å². The fraction of sp³-hybridized carbons (Fsp3) is 0.0769. The lowest BCUT2D eigenvalue weighted by atomic mass is 10.2. The van der Waals surface area contributed by atoms with Crippen LogP contribution in [0.25, 0.3) is 0 Å². The van der Waals surface area contributed by atoms with Crippen molar-refractivity contribution in [1.82, 2.24) is 4.98 Å². The Kier molecular flexibility index (Phi) is 4.26. The number of pyridine rings is 1. The Labute approximate surface area is 129 Å². The Morgan fingerprint density at radius 1 is 1.42 bits per heavy atom. The number of carbonyl (C=O) groups excluding carboxylic acids is 1. The summed E-state index contributed by atoms with van der Waals surface area (Å²) in [6, 6.07) is 6.45. The van der Waals surface area contributed by atoms with Gasteiger partial charge in [0.05, 0.1) is 9.26 Å². The highest BCUT2D eigenvalue weighted by Crippen LogP contribution is 2.23. The Balaban J connectivity index is 2.25. The van der Waals surface area contributed by atoms with Crippen molar-refractivity contribution in [1.29, 1.82) is 0 Å². The summed E-state index contributed by atoms with van der Waals surface area (Å²) in [6.45, 7) is 1.86. The first-order valence-corrected chi connectivity index (χ1v) is 6.85. The molecule has 0 atom stereocenters. The van der Waals surface area contributed by atoms with Crippen LogP contribution in [-0.2, 0) is 0 Å². The second-order valence-electron chi connectivity index (χ2n) is 3.97. The maximum absolute atomic E-state index is 12.0. The monoisotopic (exact) mass is 388 g/mol. The smallest absolute Gasteiger partial charge is 0.255 e. The van der Waals surface area contributed by atoms with E-state index in [0.717, 1.165) is 5.56 Å². The number of benzene rings is 1. The Morgan fingerprint density at radius 2 is 2.16 bits per heavy atom. The molecule has 0 bridgehead atoms. The Morgan fingerprint density at radius 3 is 2.84 bits per heavy atom. The molecular weight excluding hydrogens is 379 g/mol. The summed E-state index contributed by atoms with van der Waals surface area (Å²) in [5, 5.41) is 12.5. The molecule has 0 saturated carbocycles. The van der Waals surface area contributed by atoms with E-state index in [-0.39, 0.29) is 16.8 Å². The minimum atomic E-state index is -0.346. The van der Waals surface area contributed by atoms with Gasteiger partial charge >= 0.3 is 0 Å². The van der Waals surface area contributed by atoms with Crippen molar-refractivity contribution in [2.24, 2.45) is 0 Å². The number of amides is 1. The van der Waals surface area contributed by atoms with E-state index < -0.39 is 0 Å². The zero-order valence-electron chi connectivity index (χ0n) is 9.95. The van der Waals surface area contributed by atoms with Crippen LogP contribution in [0.4, 0.5) is 5.69 Å². The van der Waals surface area contributed by atoms with E-state index in [0.29, 0.717) is 14.8 Å². The van der Waals surface area contributed by atoms with Crippen LogP contribution in [0.2, 0.25) is 5.15 Å².